The molecule has 1 amide bonds. The Morgan fingerprint density at radius 3 is 2.28 bits per heavy atom. The van der Waals surface area contributed by atoms with E-state index in [1.54, 1.807) is 20.8 Å². The lowest BCUT2D eigenvalue weighted by Gasteiger charge is -2.32. The molecule has 0 saturated carbocycles. The van der Waals surface area contributed by atoms with Gasteiger partial charge in [0.05, 0.1) is 17.7 Å². The minimum Gasteiger partial charge on any atom is -0.442 e. The zero-order valence-electron chi connectivity index (χ0n) is 16.1. The summed E-state index contributed by atoms with van der Waals surface area (Å²) >= 11 is 0. The van der Waals surface area contributed by atoms with E-state index in [0.29, 0.717) is 5.06 Å². The Morgan fingerprint density at radius 2 is 1.76 bits per heavy atom. The molecule has 0 aliphatic carbocycles. The Hall–Kier alpha value is -1.57. The SMILES string of the molecule is CC(C)(C)OC(=O)N(O)Cc1cccc(B2OC(C)(C)C(C)(C)O2)c1. The van der Waals surface area contributed by atoms with Crippen molar-refractivity contribution < 1.29 is 24.0 Å². The number of ether oxygens (including phenoxy) is 1. The summed E-state index contributed by atoms with van der Waals surface area (Å²) in [6.45, 7) is 13.2. The van der Waals surface area contributed by atoms with Gasteiger partial charge in [-0.3, -0.25) is 5.21 Å². The summed E-state index contributed by atoms with van der Waals surface area (Å²) in [5, 5.41) is 10.5. The van der Waals surface area contributed by atoms with Crippen LogP contribution in [0.3, 0.4) is 0 Å². The monoisotopic (exact) mass is 349 g/mol. The largest absolute Gasteiger partial charge is 0.494 e. The molecule has 25 heavy (non-hydrogen) atoms. The molecule has 0 atom stereocenters. The van der Waals surface area contributed by atoms with E-state index >= 15 is 0 Å². The number of carbonyl (C=O) groups is 1. The molecule has 1 N–H and O–H groups in total. The fourth-order valence-corrected chi connectivity index (χ4v) is 2.37. The first-order valence-electron chi connectivity index (χ1n) is 8.45. The highest BCUT2D eigenvalue weighted by atomic mass is 16.7. The second-order valence-electron chi connectivity index (χ2n) is 8.37. The average Bonchev–Trinajstić information content (AvgIpc) is 2.66. The van der Waals surface area contributed by atoms with Gasteiger partial charge in [0.2, 0.25) is 0 Å². The zero-order chi connectivity index (χ0) is 19.0. The standard InChI is InChI=1S/C18H28BNO5/c1-16(2,3)23-15(21)20(22)12-13-9-8-10-14(11-13)19-24-17(4,5)18(6,7)25-19/h8-11,22H,12H2,1-7H3. The van der Waals surface area contributed by atoms with Gasteiger partial charge in [-0.1, -0.05) is 24.3 Å². The number of rotatable bonds is 3. The molecule has 1 aliphatic heterocycles. The van der Waals surface area contributed by atoms with Crippen molar-refractivity contribution in [1.29, 1.82) is 0 Å². The maximum atomic E-state index is 11.9. The van der Waals surface area contributed by atoms with Crippen LogP contribution in [0.5, 0.6) is 0 Å². The maximum Gasteiger partial charge on any atom is 0.494 e. The Morgan fingerprint density at radius 1 is 1.20 bits per heavy atom. The van der Waals surface area contributed by atoms with E-state index in [0.717, 1.165) is 11.0 Å². The van der Waals surface area contributed by atoms with Crippen LogP contribution < -0.4 is 5.46 Å². The van der Waals surface area contributed by atoms with Crippen LogP contribution in [0.2, 0.25) is 0 Å². The number of nitrogens with zero attached hydrogens (tertiary/aromatic N) is 1. The van der Waals surface area contributed by atoms with Gasteiger partial charge in [0, 0.05) is 0 Å². The number of hydrogen-bond acceptors (Lipinski definition) is 5. The van der Waals surface area contributed by atoms with Gasteiger partial charge in [-0.15, -0.1) is 0 Å². The van der Waals surface area contributed by atoms with Crippen molar-refractivity contribution in [1.82, 2.24) is 5.06 Å². The molecule has 0 aromatic heterocycles. The van der Waals surface area contributed by atoms with E-state index in [1.165, 1.54) is 0 Å². The van der Waals surface area contributed by atoms with E-state index in [9.17, 15) is 10.0 Å². The average molecular weight is 349 g/mol. The van der Waals surface area contributed by atoms with Gasteiger partial charge >= 0.3 is 13.2 Å². The van der Waals surface area contributed by atoms with Crippen LogP contribution in [0.4, 0.5) is 4.79 Å². The highest BCUT2D eigenvalue weighted by molar-refractivity contribution is 6.62. The molecule has 1 fully saturated rings. The zero-order valence-corrected chi connectivity index (χ0v) is 16.1. The Bertz CT molecular complexity index is 623. The van der Waals surface area contributed by atoms with Crippen molar-refractivity contribution in [3.05, 3.63) is 29.8 Å². The third-order valence-corrected chi connectivity index (χ3v) is 4.41. The predicted octanol–water partition coefficient (Wildman–Crippen LogP) is 3.11. The normalized spacial score (nSPS) is 19.0. The lowest BCUT2D eigenvalue weighted by molar-refractivity contribution is -0.0998. The molecule has 1 aromatic carbocycles. The van der Waals surface area contributed by atoms with Crippen LogP contribution in [0.15, 0.2) is 24.3 Å². The highest BCUT2D eigenvalue weighted by Gasteiger charge is 2.51. The van der Waals surface area contributed by atoms with Gasteiger partial charge in [-0.25, -0.2) is 4.79 Å². The van der Waals surface area contributed by atoms with Gasteiger partial charge in [-0.05, 0) is 59.5 Å². The van der Waals surface area contributed by atoms with E-state index in [-0.39, 0.29) is 6.54 Å². The molecule has 1 aliphatic rings. The first-order chi connectivity index (χ1) is 11.3. The fourth-order valence-electron chi connectivity index (χ4n) is 2.37. The van der Waals surface area contributed by atoms with Crippen LogP contribution in [-0.4, -0.2) is 40.3 Å². The summed E-state index contributed by atoms with van der Waals surface area (Å²) in [5.41, 5.74) is 0.0810. The van der Waals surface area contributed by atoms with Crippen LogP contribution >= 0.6 is 0 Å². The van der Waals surface area contributed by atoms with Gasteiger partial charge < -0.3 is 14.0 Å². The molecule has 1 aromatic rings. The summed E-state index contributed by atoms with van der Waals surface area (Å²) in [7, 11) is -0.487. The molecule has 0 bridgehead atoms. The smallest absolute Gasteiger partial charge is 0.442 e. The number of hydrogen-bond donors (Lipinski definition) is 1. The summed E-state index contributed by atoms with van der Waals surface area (Å²) in [5.74, 6) is 0. The Kier molecular flexibility index (Phi) is 5.24. The fraction of sp³-hybridized carbons (Fsp3) is 0.611. The van der Waals surface area contributed by atoms with Gasteiger partial charge in [-0.2, -0.15) is 5.06 Å². The summed E-state index contributed by atoms with van der Waals surface area (Å²) in [6.07, 6.45) is -0.784. The molecular formula is C18H28BNO5. The number of benzene rings is 1. The van der Waals surface area contributed by atoms with Crippen molar-refractivity contribution in [3.8, 4) is 0 Å². The molecule has 0 unspecified atom stereocenters. The number of hydroxylamine groups is 2. The molecular weight excluding hydrogens is 321 g/mol. The Balaban J connectivity index is 2.09. The van der Waals surface area contributed by atoms with Gasteiger partial charge in [0.15, 0.2) is 0 Å². The quantitative estimate of drug-likeness (QED) is 0.516. The van der Waals surface area contributed by atoms with E-state index < -0.39 is 30.0 Å². The van der Waals surface area contributed by atoms with Crippen molar-refractivity contribution in [2.24, 2.45) is 0 Å². The van der Waals surface area contributed by atoms with Gasteiger partial charge in [0.1, 0.15) is 5.60 Å². The predicted molar refractivity (Wildman–Crippen MR) is 95.7 cm³/mol. The van der Waals surface area contributed by atoms with Gasteiger partial charge in [0.25, 0.3) is 0 Å². The topological polar surface area (TPSA) is 68.2 Å². The van der Waals surface area contributed by atoms with Crippen molar-refractivity contribution in [2.75, 3.05) is 0 Å². The molecule has 2 rings (SSSR count). The second kappa shape index (κ2) is 6.63. The summed E-state index contributed by atoms with van der Waals surface area (Å²) in [4.78, 5) is 11.9. The lowest BCUT2D eigenvalue weighted by atomic mass is 9.78. The molecule has 7 heteroatoms. The highest BCUT2D eigenvalue weighted by Crippen LogP contribution is 2.36. The molecule has 6 nitrogen and oxygen atoms in total. The minimum atomic E-state index is -0.784. The van der Waals surface area contributed by atoms with Crippen molar-refractivity contribution in [2.45, 2.75) is 71.8 Å². The molecule has 0 spiro atoms. The number of carbonyl (C=O) groups excluding carboxylic acids is 1. The van der Waals surface area contributed by atoms with Crippen molar-refractivity contribution >= 4 is 18.7 Å². The number of amides is 1. The summed E-state index contributed by atoms with van der Waals surface area (Å²) in [6, 6.07) is 7.43. The van der Waals surface area contributed by atoms with E-state index in [2.05, 4.69) is 0 Å². The van der Waals surface area contributed by atoms with Crippen LogP contribution in [0.1, 0.15) is 54.0 Å². The molecule has 1 saturated heterocycles. The van der Waals surface area contributed by atoms with E-state index in [1.807, 2.05) is 52.0 Å². The third-order valence-electron chi connectivity index (χ3n) is 4.41. The molecule has 1 heterocycles. The maximum absolute atomic E-state index is 11.9. The second-order valence-corrected chi connectivity index (χ2v) is 8.37. The van der Waals surface area contributed by atoms with Crippen LogP contribution in [0, 0.1) is 0 Å². The molecule has 138 valence electrons. The summed E-state index contributed by atoms with van der Waals surface area (Å²) < 4.78 is 17.2. The minimum absolute atomic E-state index is 0.0161. The van der Waals surface area contributed by atoms with Crippen molar-refractivity contribution in [3.63, 3.8) is 0 Å². The third kappa shape index (κ3) is 4.74. The van der Waals surface area contributed by atoms with Crippen LogP contribution in [-0.2, 0) is 20.6 Å². The van der Waals surface area contributed by atoms with Crippen LogP contribution in [0.25, 0.3) is 0 Å². The first-order valence-corrected chi connectivity index (χ1v) is 8.45. The first kappa shape index (κ1) is 19.8. The molecule has 0 radical (unpaired) electrons. The Labute approximate surface area is 150 Å². The van der Waals surface area contributed by atoms with E-state index in [4.69, 9.17) is 14.0 Å². The lowest BCUT2D eigenvalue weighted by Crippen LogP contribution is -2.41.